The molecule has 0 aromatic carbocycles. The zero-order chi connectivity index (χ0) is 11.4. The highest BCUT2D eigenvalue weighted by molar-refractivity contribution is 4.71. The molecule has 0 spiro atoms. The van der Waals surface area contributed by atoms with Crippen LogP contribution >= 0.6 is 0 Å². The van der Waals surface area contributed by atoms with E-state index in [-0.39, 0.29) is 6.29 Å². The van der Waals surface area contributed by atoms with E-state index >= 15 is 0 Å². The van der Waals surface area contributed by atoms with Gasteiger partial charge in [-0.1, -0.05) is 46.1 Å². The maximum absolute atomic E-state index is 5.53. The van der Waals surface area contributed by atoms with Crippen molar-refractivity contribution < 1.29 is 9.47 Å². The molecule has 0 fully saturated rings. The van der Waals surface area contributed by atoms with Crippen molar-refractivity contribution in [3.05, 3.63) is 12.7 Å². The molecule has 0 aliphatic carbocycles. The van der Waals surface area contributed by atoms with Crippen molar-refractivity contribution in [1.82, 2.24) is 0 Å². The summed E-state index contributed by atoms with van der Waals surface area (Å²) in [5.41, 5.74) is 0. The normalized spacial score (nSPS) is 10.9. The summed E-state index contributed by atoms with van der Waals surface area (Å²) in [5.74, 6) is 0. The van der Waals surface area contributed by atoms with E-state index in [0.29, 0.717) is 0 Å². The molecule has 0 bridgehead atoms. The van der Waals surface area contributed by atoms with Gasteiger partial charge in [0.25, 0.3) is 0 Å². The Bertz CT molecular complexity index is 122. The first-order chi connectivity index (χ1) is 7.35. The predicted octanol–water partition coefficient (Wildman–Crippen LogP) is 3.91. The molecule has 0 heterocycles. The van der Waals surface area contributed by atoms with Crippen LogP contribution in [0.1, 0.15) is 52.4 Å². The summed E-state index contributed by atoms with van der Waals surface area (Å²) in [6, 6.07) is 0. The van der Waals surface area contributed by atoms with Crippen molar-refractivity contribution >= 4 is 0 Å². The molecule has 0 aromatic rings. The van der Waals surface area contributed by atoms with Crippen molar-refractivity contribution in [2.75, 3.05) is 13.2 Å². The molecule has 0 N–H and O–H groups in total. The molecule has 0 aliphatic rings. The van der Waals surface area contributed by atoms with Crippen molar-refractivity contribution in [2.24, 2.45) is 0 Å². The molecule has 0 amide bonds. The summed E-state index contributed by atoms with van der Waals surface area (Å²) in [6.45, 7) is 9.63. The lowest BCUT2D eigenvalue weighted by molar-refractivity contribution is -0.112. The lowest BCUT2D eigenvalue weighted by Gasteiger charge is -2.14. The molecule has 0 rings (SSSR count). The van der Waals surface area contributed by atoms with Crippen molar-refractivity contribution in [3.63, 3.8) is 0 Å². The summed E-state index contributed by atoms with van der Waals surface area (Å²) in [5, 5.41) is 0. The van der Waals surface area contributed by atoms with Gasteiger partial charge in [-0.15, -0.1) is 0 Å². The first-order valence-electron chi connectivity index (χ1n) is 6.20. The van der Waals surface area contributed by atoms with Crippen LogP contribution in [0.4, 0.5) is 0 Å². The second-order valence-corrected chi connectivity index (χ2v) is 3.76. The third-order valence-corrected chi connectivity index (χ3v) is 2.25. The van der Waals surface area contributed by atoms with Gasteiger partial charge in [0.1, 0.15) is 0 Å². The molecule has 0 atom stereocenters. The summed E-state index contributed by atoms with van der Waals surface area (Å²) in [4.78, 5) is 0. The van der Waals surface area contributed by atoms with Crippen LogP contribution in [0, 0.1) is 0 Å². The van der Waals surface area contributed by atoms with Crippen LogP contribution in [-0.2, 0) is 9.47 Å². The van der Waals surface area contributed by atoms with Gasteiger partial charge in [-0.25, -0.2) is 0 Å². The van der Waals surface area contributed by atoms with Gasteiger partial charge in [-0.3, -0.25) is 0 Å². The average molecular weight is 214 g/mol. The Balaban J connectivity index is 3.34. The predicted molar refractivity (Wildman–Crippen MR) is 64.9 cm³/mol. The second kappa shape index (κ2) is 11.7. The summed E-state index contributed by atoms with van der Waals surface area (Å²) in [6.07, 6.45) is 8.63. The monoisotopic (exact) mass is 214 g/mol. The lowest BCUT2D eigenvalue weighted by Crippen LogP contribution is -2.15. The van der Waals surface area contributed by atoms with Gasteiger partial charge in [0.05, 0.1) is 13.2 Å². The SMILES string of the molecule is C=CC(OCCCCC)OCCCCC. The van der Waals surface area contributed by atoms with E-state index in [1.807, 2.05) is 0 Å². The molecule has 0 saturated carbocycles. The molecule has 15 heavy (non-hydrogen) atoms. The minimum absolute atomic E-state index is 0.210. The molecule has 0 aromatic heterocycles. The van der Waals surface area contributed by atoms with E-state index in [1.165, 1.54) is 25.7 Å². The molecular weight excluding hydrogens is 188 g/mol. The molecule has 0 unspecified atom stereocenters. The molecule has 90 valence electrons. The average Bonchev–Trinajstić information content (AvgIpc) is 2.27. The van der Waals surface area contributed by atoms with E-state index in [0.717, 1.165) is 26.1 Å². The summed E-state index contributed by atoms with van der Waals surface area (Å²) < 4.78 is 11.1. The number of hydrogen-bond acceptors (Lipinski definition) is 2. The van der Waals surface area contributed by atoms with E-state index in [4.69, 9.17) is 9.47 Å². The second-order valence-electron chi connectivity index (χ2n) is 3.76. The highest BCUT2D eigenvalue weighted by Gasteiger charge is 2.02. The number of unbranched alkanes of at least 4 members (excludes halogenated alkanes) is 4. The van der Waals surface area contributed by atoms with Gasteiger partial charge in [0.15, 0.2) is 6.29 Å². The summed E-state index contributed by atoms with van der Waals surface area (Å²) in [7, 11) is 0. The fourth-order valence-electron chi connectivity index (χ4n) is 1.29. The van der Waals surface area contributed by atoms with Crippen molar-refractivity contribution in [3.8, 4) is 0 Å². The number of rotatable bonds is 11. The topological polar surface area (TPSA) is 18.5 Å². The first-order valence-corrected chi connectivity index (χ1v) is 6.20. The molecule has 2 heteroatoms. The van der Waals surface area contributed by atoms with Crippen LogP contribution in [0.3, 0.4) is 0 Å². The highest BCUT2D eigenvalue weighted by atomic mass is 16.7. The molecular formula is C13H26O2. The maximum atomic E-state index is 5.53. The Kier molecular flexibility index (Phi) is 11.5. The maximum Gasteiger partial charge on any atom is 0.176 e. The van der Waals surface area contributed by atoms with Crippen LogP contribution in [-0.4, -0.2) is 19.5 Å². The Hall–Kier alpha value is -0.340. The van der Waals surface area contributed by atoms with Crippen LogP contribution < -0.4 is 0 Å². The number of ether oxygens (including phenoxy) is 2. The Morgan fingerprint density at radius 1 is 0.933 bits per heavy atom. The highest BCUT2D eigenvalue weighted by Crippen LogP contribution is 2.03. The van der Waals surface area contributed by atoms with Crippen LogP contribution in [0.5, 0.6) is 0 Å². The van der Waals surface area contributed by atoms with Crippen molar-refractivity contribution in [2.45, 2.75) is 58.7 Å². The van der Waals surface area contributed by atoms with E-state index < -0.39 is 0 Å². The summed E-state index contributed by atoms with van der Waals surface area (Å²) >= 11 is 0. The zero-order valence-electron chi connectivity index (χ0n) is 10.3. The number of hydrogen-bond donors (Lipinski definition) is 0. The third kappa shape index (κ3) is 9.95. The molecule has 0 radical (unpaired) electrons. The Morgan fingerprint density at radius 3 is 1.73 bits per heavy atom. The smallest absolute Gasteiger partial charge is 0.176 e. The molecule has 0 aliphatic heterocycles. The van der Waals surface area contributed by atoms with Crippen LogP contribution in [0.15, 0.2) is 12.7 Å². The van der Waals surface area contributed by atoms with Gasteiger partial charge in [0.2, 0.25) is 0 Å². The van der Waals surface area contributed by atoms with Gasteiger partial charge >= 0.3 is 0 Å². The van der Waals surface area contributed by atoms with Gasteiger partial charge in [0, 0.05) is 0 Å². The van der Waals surface area contributed by atoms with Crippen LogP contribution in [0.2, 0.25) is 0 Å². The molecule has 2 nitrogen and oxygen atoms in total. The van der Waals surface area contributed by atoms with Crippen molar-refractivity contribution in [1.29, 1.82) is 0 Å². The minimum atomic E-state index is -0.210. The van der Waals surface area contributed by atoms with E-state index in [1.54, 1.807) is 6.08 Å². The minimum Gasteiger partial charge on any atom is -0.349 e. The van der Waals surface area contributed by atoms with E-state index in [9.17, 15) is 0 Å². The fraction of sp³-hybridized carbons (Fsp3) is 0.846. The van der Waals surface area contributed by atoms with Gasteiger partial charge in [-0.05, 0) is 18.9 Å². The Labute approximate surface area is 94.7 Å². The first kappa shape index (κ1) is 14.7. The Morgan fingerprint density at radius 2 is 1.40 bits per heavy atom. The quantitative estimate of drug-likeness (QED) is 0.295. The molecule has 0 saturated heterocycles. The lowest BCUT2D eigenvalue weighted by atomic mass is 10.3. The van der Waals surface area contributed by atoms with Crippen LogP contribution in [0.25, 0.3) is 0 Å². The van der Waals surface area contributed by atoms with E-state index in [2.05, 4.69) is 20.4 Å². The largest absolute Gasteiger partial charge is 0.349 e. The third-order valence-electron chi connectivity index (χ3n) is 2.25. The van der Waals surface area contributed by atoms with Gasteiger partial charge < -0.3 is 9.47 Å². The van der Waals surface area contributed by atoms with Gasteiger partial charge in [-0.2, -0.15) is 0 Å². The fourth-order valence-corrected chi connectivity index (χ4v) is 1.29. The zero-order valence-corrected chi connectivity index (χ0v) is 10.3. The standard InChI is InChI=1S/C13H26O2/c1-4-7-9-11-14-13(6-3)15-12-10-8-5-2/h6,13H,3-5,7-12H2,1-2H3.